The van der Waals surface area contributed by atoms with Crippen LogP contribution >= 0.6 is 34.8 Å². The number of carbonyl (C=O) groups is 2. The number of ether oxygens (including phenoxy) is 1. The molecule has 0 radical (unpaired) electrons. The number of aliphatic hydroxyl groups excluding tert-OH is 1. The molecular weight excluding hydrogens is 492 g/mol. The predicted octanol–water partition coefficient (Wildman–Crippen LogP) is 6.42. The number of hydrogen-bond acceptors (Lipinski definition) is 4. The van der Waals surface area contributed by atoms with Gasteiger partial charge in [0.15, 0.2) is 0 Å². The van der Waals surface area contributed by atoms with Gasteiger partial charge in [-0.2, -0.15) is 0 Å². The number of benzene rings is 3. The van der Waals surface area contributed by atoms with Gasteiger partial charge in [0.2, 0.25) is 0 Å². The number of amides is 1. The second kappa shape index (κ2) is 9.06. The maximum Gasteiger partial charge on any atom is 0.300 e. The average Bonchev–Trinajstić information content (AvgIpc) is 3.03. The number of carbonyl (C=O) groups excluding carboxylic acids is 2. The first-order valence-corrected chi connectivity index (χ1v) is 10.7. The molecule has 1 fully saturated rings. The van der Waals surface area contributed by atoms with Crippen LogP contribution in [0.2, 0.25) is 15.1 Å². The molecule has 1 N–H and O–H groups in total. The zero-order valence-corrected chi connectivity index (χ0v) is 19.2. The van der Waals surface area contributed by atoms with E-state index in [1.54, 1.807) is 0 Å². The number of aliphatic hydroxyl groups is 1. The van der Waals surface area contributed by atoms with Gasteiger partial charge in [0.05, 0.1) is 23.7 Å². The zero-order valence-electron chi connectivity index (χ0n) is 17.0. The third-order valence-electron chi connectivity index (χ3n) is 5.18. The molecule has 0 aliphatic carbocycles. The van der Waals surface area contributed by atoms with Gasteiger partial charge >= 0.3 is 0 Å². The molecule has 33 heavy (non-hydrogen) atoms. The van der Waals surface area contributed by atoms with E-state index < -0.39 is 29.3 Å². The Bertz CT molecular complexity index is 1290. The van der Waals surface area contributed by atoms with Gasteiger partial charge in [0, 0.05) is 21.3 Å². The normalized spacial score (nSPS) is 17.5. The molecule has 0 spiro atoms. The first-order valence-electron chi connectivity index (χ1n) is 9.57. The maximum absolute atomic E-state index is 13.6. The summed E-state index contributed by atoms with van der Waals surface area (Å²) in [7, 11) is 1.44. The summed E-state index contributed by atoms with van der Waals surface area (Å²) in [6.45, 7) is 0. The number of halogens is 4. The lowest BCUT2D eigenvalue weighted by Crippen LogP contribution is -2.29. The number of nitrogens with zero attached hydrogens (tertiary/aromatic N) is 1. The largest absolute Gasteiger partial charge is 0.507 e. The van der Waals surface area contributed by atoms with E-state index in [1.165, 1.54) is 72.7 Å². The summed E-state index contributed by atoms with van der Waals surface area (Å²) in [6, 6.07) is 13.1. The Balaban J connectivity index is 1.96. The molecule has 1 aliphatic heterocycles. The Hall–Kier alpha value is -3.06. The SMILES string of the molecule is COc1ccc(/C(O)=C2\C(=O)C(=O)N(c3cc(Cl)cc(Cl)c3)C2c2ccc(F)cc2)cc1Cl. The summed E-state index contributed by atoms with van der Waals surface area (Å²) in [5, 5.41) is 11.8. The van der Waals surface area contributed by atoms with Crippen molar-refractivity contribution in [2.24, 2.45) is 0 Å². The van der Waals surface area contributed by atoms with E-state index >= 15 is 0 Å². The molecule has 0 bridgehead atoms. The average molecular weight is 507 g/mol. The van der Waals surface area contributed by atoms with Crippen molar-refractivity contribution in [3.05, 3.63) is 98.2 Å². The van der Waals surface area contributed by atoms with Crippen molar-refractivity contribution >= 4 is 57.9 Å². The van der Waals surface area contributed by atoms with Crippen LogP contribution in [0.1, 0.15) is 17.2 Å². The van der Waals surface area contributed by atoms with Crippen molar-refractivity contribution < 1.29 is 23.8 Å². The molecule has 3 aromatic rings. The maximum atomic E-state index is 13.6. The van der Waals surface area contributed by atoms with E-state index in [-0.39, 0.29) is 31.9 Å². The van der Waals surface area contributed by atoms with Gasteiger partial charge in [0.1, 0.15) is 17.3 Å². The van der Waals surface area contributed by atoms with Crippen molar-refractivity contribution in [1.82, 2.24) is 0 Å². The molecule has 0 aromatic heterocycles. The Morgan fingerprint density at radius 3 is 2.18 bits per heavy atom. The van der Waals surface area contributed by atoms with Crippen molar-refractivity contribution in [3.8, 4) is 5.75 Å². The van der Waals surface area contributed by atoms with E-state index in [9.17, 15) is 19.1 Å². The summed E-state index contributed by atoms with van der Waals surface area (Å²) < 4.78 is 18.7. The first-order chi connectivity index (χ1) is 15.7. The highest BCUT2D eigenvalue weighted by molar-refractivity contribution is 6.52. The standard InChI is InChI=1S/C24H15Cl3FNO4/c1-33-19-7-4-13(8-18(19)27)22(30)20-21(12-2-5-16(28)6-3-12)29(24(32)23(20)31)17-10-14(25)9-15(26)11-17/h2-11,21,30H,1H3/b22-20+. The Kier molecular flexibility index (Phi) is 6.34. The van der Waals surface area contributed by atoms with Crippen LogP contribution in [0.15, 0.2) is 66.2 Å². The molecule has 0 saturated carbocycles. The van der Waals surface area contributed by atoms with Gasteiger partial charge in [-0.15, -0.1) is 0 Å². The third kappa shape index (κ3) is 4.29. The number of methoxy groups -OCH3 is 1. The van der Waals surface area contributed by atoms with Crippen LogP contribution in [-0.2, 0) is 9.59 Å². The number of hydrogen-bond donors (Lipinski definition) is 1. The highest BCUT2D eigenvalue weighted by Crippen LogP contribution is 2.43. The Morgan fingerprint density at radius 2 is 1.61 bits per heavy atom. The summed E-state index contributed by atoms with van der Waals surface area (Å²) in [6.07, 6.45) is 0. The number of anilines is 1. The fraction of sp³-hybridized carbons (Fsp3) is 0.0833. The van der Waals surface area contributed by atoms with Crippen LogP contribution < -0.4 is 9.64 Å². The van der Waals surface area contributed by atoms with Crippen molar-refractivity contribution in [3.63, 3.8) is 0 Å². The molecule has 9 heteroatoms. The lowest BCUT2D eigenvalue weighted by molar-refractivity contribution is -0.132. The van der Waals surface area contributed by atoms with Gasteiger partial charge in [-0.1, -0.05) is 46.9 Å². The van der Waals surface area contributed by atoms with Crippen molar-refractivity contribution in [1.29, 1.82) is 0 Å². The molecule has 4 rings (SSSR count). The van der Waals surface area contributed by atoms with Crippen molar-refractivity contribution in [2.75, 3.05) is 12.0 Å². The lowest BCUT2D eigenvalue weighted by Gasteiger charge is -2.26. The third-order valence-corrected chi connectivity index (χ3v) is 5.91. The van der Waals surface area contributed by atoms with Crippen LogP contribution in [0.25, 0.3) is 5.76 Å². The van der Waals surface area contributed by atoms with Gasteiger partial charge in [-0.05, 0) is 54.1 Å². The molecule has 1 heterocycles. The number of Topliss-reactive ketones (excluding diaryl/α,β-unsaturated/α-hetero) is 1. The van der Waals surface area contributed by atoms with Crippen LogP contribution in [0.5, 0.6) is 5.75 Å². The monoisotopic (exact) mass is 505 g/mol. The molecule has 1 atom stereocenters. The highest BCUT2D eigenvalue weighted by Gasteiger charge is 2.47. The molecule has 1 amide bonds. The van der Waals surface area contributed by atoms with E-state index in [0.29, 0.717) is 11.3 Å². The summed E-state index contributed by atoms with van der Waals surface area (Å²) in [5.41, 5.74) is 0.655. The van der Waals surface area contributed by atoms with E-state index in [2.05, 4.69) is 0 Å². The van der Waals surface area contributed by atoms with Gasteiger partial charge in [-0.3, -0.25) is 14.5 Å². The van der Waals surface area contributed by atoms with Crippen molar-refractivity contribution in [2.45, 2.75) is 6.04 Å². The van der Waals surface area contributed by atoms with Gasteiger partial charge in [0.25, 0.3) is 11.7 Å². The molecule has 3 aromatic carbocycles. The number of rotatable bonds is 4. The highest BCUT2D eigenvalue weighted by atomic mass is 35.5. The summed E-state index contributed by atoms with van der Waals surface area (Å²) in [4.78, 5) is 27.4. The minimum atomic E-state index is -1.07. The van der Waals surface area contributed by atoms with Crippen LogP contribution in [0.3, 0.4) is 0 Å². The lowest BCUT2D eigenvalue weighted by atomic mass is 9.95. The van der Waals surface area contributed by atoms with Crippen LogP contribution in [0.4, 0.5) is 10.1 Å². The zero-order chi connectivity index (χ0) is 23.9. The quantitative estimate of drug-likeness (QED) is 0.252. The van der Waals surface area contributed by atoms with Gasteiger partial charge < -0.3 is 9.84 Å². The van der Waals surface area contributed by atoms with Crippen LogP contribution in [0, 0.1) is 5.82 Å². The second-order valence-electron chi connectivity index (χ2n) is 7.20. The van der Waals surface area contributed by atoms with Gasteiger partial charge in [-0.25, -0.2) is 4.39 Å². The van der Waals surface area contributed by atoms with Crippen LogP contribution in [-0.4, -0.2) is 23.9 Å². The topological polar surface area (TPSA) is 66.8 Å². The Labute approximate surface area is 203 Å². The fourth-order valence-corrected chi connectivity index (χ4v) is 4.48. The molecule has 168 valence electrons. The first kappa shape index (κ1) is 23.1. The summed E-state index contributed by atoms with van der Waals surface area (Å²) in [5.74, 6) is -2.39. The van der Waals surface area contributed by atoms with E-state index in [0.717, 1.165) is 0 Å². The molecular formula is C24H15Cl3FNO4. The molecule has 1 aliphatic rings. The number of ketones is 1. The summed E-state index contributed by atoms with van der Waals surface area (Å²) >= 11 is 18.4. The fourth-order valence-electron chi connectivity index (χ4n) is 3.71. The van der Waals surface area contributed by atoms with E-state index in [4.69, 9.17) is 39.5 Å². The molecule has 5 nitrogen and oxygen atoms in total. The van der Waals surface area contributed by atoms with E-state index in [1.807, 2.05) is 0 Å². The second-order valence-corrected chi connectivity index (χ2v) is 8.48. The smallest absolute Gasteiger partial charge is 0.300 e. The molecule has 1 saturated heterocycles. The minimum absolute atomic E-state index is 0.191. The Morgan fingerprint density at radius 1 is 0.970 bits per heavy atom. The minimum Gasteiger partial charge on any atom is -0.507 e. The predicted molar refractivity (Wildman–Crippen MR) is 126 cm³/mol. The molecule has 1 unspecified atom stereocenters.